The number of methoxy groups -OCH3 is 1. The molecule has 0 amide bonds. The van der Waals surface area contributed by atoms with Gasteiger partial charge in [0.15, 0.2) is 0 Å². The lowest BCUT2D eigenvalue weighted by Crippen LogP contribution is -2.09. The Labute approximate surface area is 127 Å². The van der Waals surface area contributed by atoms with Crippen molar-refractivity contribution in [2.45, 2.75) is 32.6 Å². The van der Waals surface area contributed by atoms with Crippen molar-refractivity contribution in [1.82, 2.24) is 9.97 Å². The van der Waals surface area contributed by atoms with Gasteiger partial charge in [-0.15, -0.1) is 0 Å². The van der Waals surface area contributed by atoms with Crippen molar-refractivity contribution in [1.29, 1.82) is 0 Å². The van der Waals surface area contributed by atoms with Crippen LogP contribution in [0.1, 0.15) is 38.4 Å². The minimum absolute atomic E-state index is 0.313. The van der Waals surface area contributed by atoms with Crippen LogP contribution < -0.4 is 10.6 Å². The summed E-state index contributed by atoms with van der Waals surface area (Å²) in [6.07, 6.45) is 2.07. The van der Waals surface area contributed by atoms with Crippen molar-refractivity contribution in [3.05, 3.63) is 11.9 Å². The van der Waals surface area contributed by atoms with Gasteiger partial charge in [0.2, 0.25) is 0 Å². The summed E-state index contributed by atoms with van der Waals surface area (Å²) in [4.78, 5) is 8.97. The normalized spacial score (nSPS) is 10.9. The maximum atomic E-state index is 5.43. The Morgan fingerprint density at radius 2 is 1.86 bits per heavy atom. The quantitative estimate of drug-likeness (QED) is 0.612. The summed E-state index contributed by atoms with van der Waals surface area (Å²) in [7, 11) is 3.55. The van der Waals surface area contributed by atoms with Crippen molar-refractivity contribution in [2.24, 2.45) is 0 Å². The molecule has 0 aliphatic rings. The summed E-state index contributed by atoms with van der Waals surface area (Å²) in [5.41, 5.74) is 0. The molecular weight excluding hydrogens is 268 g/mol. The van der Waals surface area contributed by atoms with Crippen LogP contribution in [0.2, 0.25) is 0 Å². The lowest BCUT2D eigenvalue weighted by molar-refractivity contribution is 0.0691. The van der Waals surface area contributed by atoms with Crippen molar-refractivity contribution in [3.63, 3.8) is 0 Å². The van der Waals surface area contributed by atoms with Crippen molar-refractivity contribution in [2.75, 3.05) is 51.2 Å². The van der Waals surface area contributed by atoms with Crippen LogP contribution in [0.5, 0.6) is 0 Å². The van der Waals surface area contributed by atoms with Gasteiger partial charge in [0.25, 0.3) is 0 Å². The average molecular weight is 296 g/mol. The third-order valence-electron chi connectivity index (χ3n) is 2.97. The number of hydrogen-bond donors (Lipinski definition) is 2. The highest BCUT2D eigenvalue weighted by atomic mass is 16.5. The Hall–Kier alpha value is -1.40. The van der Waals surface area contributed by atoms with Crippen LogP contribution in [0.3, 0.4) is 0 Å². The monoisotopic (exact) mass is 296 g/mol. The fourth-order valence-electron chi connectivity index (χ4n) is 1.73. The number of unbranched alkanes of at least 4 members (excludes halogenated alkanes) is 1. The number of nitrogens with one attached hydrogen (secondary N) is 2. The minimum atomic E-state index is 0.313. The second kappa shape index (κ2) is 10.3. The average Bonchev–Trinajstić information content (AvgIpc) is 2.49. The van der Waals surface area contributed by atoms with Crippen LogP contribution in [0.15, 0.2) is 6.07 Å². The molecule has 0 fully saturated rings. The molecule has 6 nitrogen and oxygen atoms in total. The maximum absolute atomic E-state index is 5.43. The molecular formula is C15H28N4O2. The Morgan fingerprint density at radius 3 is 2.52 bits per heavy atom. The Balaban J connectivity index is 2.29. The number of nitrogens with zero attached hydrogens (tertiary/aromatic N) is 2. The van der Waals surface area contributed by atoms with E-state index in [-0.39, 0.29) is 0 Å². The molecule has 2 N–H and O–H groups in total. The minimum Gasteiger partial charge on any atom is -0.382 e. The van der Waals surface area contributed by atoms with E-state index in [1.54, 1.807) is 7.11 Å². The summed E-state index contributed by atoms with van der Waals surface area (Å²) < 4.78 is 10.3. The van der Waals surface area contributed by atoms with Gasteiger partial charge in [0.1, 0.15) is 17.5 Å². The predicted molar refractivity (Wildman–Crippen MR) is 86.1 cm³/mol. The Morgan fingerprint density at radius 1 is 1.10 bits per heavy atom. The smallest absolute Gasteiger partial charge is 0.135 e. The van der Waals surface area contributed by atoms with Crippen LogP contribution in [-0.2, 0) is 9.47 Å². The first-order chi connectivity index (χ1) is 10.2. The topological polar surface area (TPSA) is 68.3 Å². The van der Waals surface area contributed by atoms with E-state index in [9.17, 15) is 0 Å². The van der Waals surface area contributed by atoms with E-state index < -0.39 is 0 Å². The molecule has 0 atom stereocenters. The summed E-state index contributed by atoms with van der Waals surface area (Å²) in [6, 6.07) is 1.93. The van der Waals surface area contributed by atoms with Gasteiger partial charge in [-0.25, -0.2) is 9.97 Å². The molecule has 1 rings (SSSR count). The third-order valence-corrected chi connectivity index (χ3v) is 2.97. The SMILES string of the molecule is CNc1cc(NCCCCOCCOC)nc(C(C)C)n1. The van der Waals surface area contributed by atoms with Gasteiger partial charge in [0, 0.05) is 39.3 Å². The standard InChI is InChI=1S/C15H28N4O2/c1-12(2)15-18-13(16-3)11-14(19-15)17-7-5-6-8-21-10-9-20-4/h11-12H,5-10H2,1-4H3,(H2,16,17,18,19). The van der Waals surface area contributed by atoms with Crippen LogP contribution in [0.4, 0.5) is 11.6 Å². The van der Waals surface area contributed by atoms with Gasteiger partial charge in [-0.2, -0.15) is 0 Å². The van der Waals surface area contributed by atoms with E-state index in [2.05, 4.69) is 34.4 Å². The van der Waals surface area contributed by atoms with Crippen LogP contribution in [0.25, 0.3) is 0 Å². The van der Waals surface area contributed by atoms with E-state index in [0.717, 1.165) is 43.5 Å². The molecule has 0 saturated carbocycles. The first kappa shape index (κ1) is 17.7. The highest BCUT2D eigenvalue weighted by Crippen LogP contribution is 2.16. The van der Waals surface area contributed by atoms with Gasteiger partial charge in [-0.3, -0.25) is 0 Å². The lowest BCUT2D eigenvalue weighted by atomic mass is 10.2. The van der Waals surface area contributed by atoms with E-state index >= 15 is 0 Å². The molecule has 120 valence electrons. The molecule has 0 aromatic carbocycles. The summed E-state index contributed by atoms with van der Waals surface area (Å²) in [5, 5.41) is 6.42. The van der Waals surface area contributed by atoms with Gasteiger partial charge in [-0.1, -0.05) is 13.8 Å². The number of aromatic nitrogens is 2. The summed E-state index contributed by atoms with van der Waals surface area (Å²) in [5.74, 6) is 2.89. The van der Waals surface area contributed by atoms with Crippen LogP contribution in [-0.4, -0.2) is 50.5 Å². The van der Waals surface area contributed by atoms with Gasteiger partial charge in [-0.05, 0) is 12.8 Å². The molecule has 0 bridgehead atoms. The van der Waals surface area contributed by atoms with E-state index in [0.29, 0.717) is 19.1 Å². The van der Waals surface area contributed by atoms with Crippen molar-refractivity contribution >= 4 is 11.6 Å². The molecule has 21 heavy (non-hydrogen) atoms. The summed E-state index contributed by atoms with van der Waals surface area (Å²) in [6.45, 7) is 7.16. The van der Waals surface area contributed by atoms with Crippen molar-refractivity contribution in [3.8, 4) is 0 Å². The number of ether oxygens (including phenoxy) is 2. The first-order valence-corrected chi connectivity index (χ1v) is 7.54. The second-order valence-corrected chi connectivity index (χ2v) is 5.14. The number of rotatable bonds is 11. The molecule has 0 unspecified atom stereocenters. The Bertz CT molecular complexity index is 399. The largest absolute Gasteiger partial charge is 0.382 e. The molecule has 0 radical (unpaired) electrons. The zero-order chi connectivity index (χ0) is 15.5. The fourth-order valence-corrected chi connectivity index (χ4v) is 1.73. The molecule has 0 aliphatic carbocycles. The molecule has 6 heteroatoms. The zero-order valence-electron chi connectivity index (χ0n) is 13.6. The highest BCUT2D eigenvalue weighted by Gasteiger charge is 2.07. The van der Waals surface area contributed by atoms with Crippen molar-refractivity contribution < 1.29 is 9.47 Å². The predicted octanol–water partition coefficient (Wildman–Crippen LogP) is 2.50. The molecule has 1 aromatic rings. The van der Waals surface area contributed by atoms with E-state index in [1.165, 1.54) is 0 Å². The molecule has 0 aliphatic heterocycles. The van der Waals surface area contributed by atoms with Gasteiger partial charge < -0.3 is 20.1 Å². The Kier molecular flexibility index (Phi) is 8.69. The zero-order valence-corrected chi connectivity index (χ0v) is 13.6. The first-order valence-electron chi connectivity index (χ1n) is 7.54. The number of anilines is 2. The third kappa shape index (κ3) is 7.24. The molecule has 0 saturated heterocycles. The van der Waals surface area contributed by atoms with Crippen LogP contribution >= 0.6 is 0 Å². The lowest BCUT2D eigenvalue weighted by Gasteiger charge is -2.11. The number of hydrogen-bond acceptors (Lipinski definition) is 6. The second-order valence-electron chi connectivity index (χ2n) is 5.14. The highest BCUT2D eigenvalue weighted by molar-refractivity contribution is 5.47. The molecule has 1 heterocycles. The van der Waals surface area contributed by atoms with Gasteiger partial charge in [0.05, 0.1) is 13.2 Å². The van der Waals surface area contributed by atoms with E-state index in [1.807, 2.05) is 13.1 Å². The summed E-state index contributed by atoms with van der Waals surface area (Å²) >= 11 is 0. The molecule has 1 aromatic heterocycles. The molecule has 0 spiro atoms. The van der Waals surface area contributed by atoms with E-state index in [4.69, 9.17) is 9.47 Å². The van der Waals surface area contributed by atoms with Crippen LogP contribution in [0, 0.1) is 0 Å². The maximum Gasteiger partial charge on any atom is 0.135 e. The van der Waals surface area contributed by atoms with Gasteiger partial charge >= 0.3 is 0 Å². The fraction of sp³-hybridized carbons (Fsp3) is 0.733.